The predicted octanol–water partition coefficient (Wildman–Crippen LogP) is 2.69. The second-order valence-electron chi connectivity index (χ2n) is 3.18. The van der Waals surface area contributed by atoms with Crippen molar-refractivity contribution in [3.63, 3.8) is 0 Å². The zero-order chi connectivity index (χ0) is 12.8. The first-order valence-corrected chi connectivity index (χ1v) is 4.92. The van der Waals surface area contributed by atoms with Crippen LogP contribution in [0.2, 0.25) is 0 Å². The molecule has 0 aliphatic rings. The van der Waals surface area contributed by atoms with Crippen molar-refractivity contribution in [3.8, 4) is 0 Å². The number of anilines is 1. The van der Waals surface area contributed by atoms with Crippen LogP contribution in [-0.2, 0) is 4.74 Å². The van der Waals surface area contributed by atoms with Gasteiger partial charge in [0.25, 0.3) is 0 Å². The summed E-state index contributed by atoms with van der Waals surface area (Å²) in [5, 5.41) is 12.6. The molecule has 0 saturated heterocycles. The quantitative estimate of drug-likeness (QED) is 0.650. The Morgan fingerprint density at radius 2 is 2.29 bits per heavy atom. The number of nitro groups is 1. The second-order valence-corrected chi connectivity index (χ2v) is 3.18. The SMILES string of the molecule is CCCOC(=O)Nc1ccc([N+](=O)[O-])c(F)c1. The van der Waals surface area contributed by atoms with E-state index in [0.29, 0.717) is 6.42 Å². The van der Waals surface area contributed by atoms with Gasteiger partial charge in [-0.25, -0.2) is 4.79 Å². The van der Waals surface area contributed by atoms with E-state index < -0.39 is 22.5 Å². The van der Waals surface area contributed by atoms with Gasteiger partial charge in [0.1, 0.15) is 0 Å². The van der Waals surface area contributed by atoms with Gasteiger partial charge in [-0.15, -0.1) is 0 Å². The number of nitrogens with one attached hydrogen (secondary N) is 1. The van der Waals surface area contributed by atoms with Gasteiger partial charge < -0.3 is 4.74 Å². The number of benzene rings is 1. The summed E-state index contributed by atoms with van der Waals surface area (Å²) in [4.78, 5) is 20.6. The summed E-state index contributed by atoms with van der Waals surface area (Å²) in [5.74, 6) is -1.01. The van der Waals surface area contributed by atoms with Crippen LogP contribution in [0.3, 0.4) is 0 Å². The van der Waals surface area contributed by atoms with Crippen LogP contribution in [-0.4, -0.2) is 17.6 Å². The predicted molar refractivity (Wildman–Crippen MR) is 58.3 cm³/mol. The average Bonchev–Trinajstić information content (AvgIpc) is 2.26. The molecule has 0 aliphatic heterocycles. The Hall–Kier alpha value is -2.18. The van der Waals surface area contributed by atoms with Crippen molar-refractivity contribution in [1.82, 2.24) is 0 Å². The van der Waals surface area contributed by atoms with E-state index in [1.165, 1.54) is 6.07 Å². The molecule has 92 valence electrons. The molecule has 17 heavy (non-hydrogen) atoms. The topological polar surface area (TPSA) is 81.5 Å². The second kappa shape index (κ2) is 5.78. The Balaban J connectivity index is 2.70. The molecule has 0 unspecified atom stereocenters. The lowest BCUT2D eigenvalue weighted by atomic mass is 10.3. The van der Waals surface area contributed by atoms with Crippen molar-refractivity contribution >= 4 is 17.5 Å². The number of hydrogen-bond acceptors (Lipinski definition) is 4. The number of nitrogens with zero attached hydrogens (tertiary/aromatic N) is 1. The minimum atomic E-state index is -1.01. The zero-order valence-electron chi connectivity index (χ0n) is 9.10. The normalized spacial score (nSPS) is 9.76. The number of rotatable bonds is 4. The van der Waals surface area contributed by atoms with Gasteiger partial charge in [-0.05, 0) is 12.5 Å². The third kappa shape index (κ3) is 3.71. The van der Waals surface area contributed by atoms with Crippen molar-refractivity contribution in [3.05, 3.63) is 34.1 Å². The van der Waals surface area contributed by atoms with E-state index in [0.717, 1.165) is 12.1 Å². The van der Waals surface area contributed by atoms with Gasteiger partial charge in [0.05, 0.1) is 11.5 Å². The molecular weight excluding hydrogens is 231 g/mol. The Labute approximate surface area is 96.5 Å². The van der Waals surface area contributed by atoms with Gasteiger partial charge in [-0.1, -0.05) is 6.92 Å². The molecule has 0 spiro atoms. The molecule has 0 saturated carbocycles. The fraction of sp³-hybridized carbons (Fsp3) is 0.300. The molecule has 0 aromatic heterocycles. The molecule has 0 aliphatic carbocycles. The summed E-state index contributed by atoms with van der Waals surface area (Å²) < 4.78 is 17.9. The number of ether oxygens (including phenoxy) is 1. The van der Waals surface area contributed by atoms with Crippen LogP contribution in [0, 0.1) is 15.9 Å². The highest BCUT2D eigenvalue weighted by Crippen LogP contribution is 2.20. The minimum absolute atomic E-state index is 0.106. The number of halogens is 1. The standard InChI is InChI=1S/C10H11FN2O4/c1-2-5-17-10(14)12-7-3-4-9(13(15)16)8(11)6-7/h3-4,6H,2,5H2,1H3,(H,12,14). The zero-order valence-corrected chi connectivity index (χ0v) is 9.10. The molecule has 0 atom stereocenters. The lowest BCUT2D eigenvalue weighted by molar-refractivity contribution is -0.387. The smallest absolute Gasteiger partial charge is 0.411 e. The van der Waals surface area contributed by atoms with Crippen molar-refractivity contribution in [1.29, 1.82) is 0 Å². The van der Waals surface area contributed by atoms with Gasteiger partial charge in [-0.2, -0.15) is 4.39 Å². The Morgan fingerprint density at radius 1 is 1.59 bits per heavy atom. The van der Waals surface area contributed by atoms with Gasteiger partial charge in [0.2, 0.25) is 5.82 Å². The number of amides is 1. The van der Waals surface area contributed by atoms with E-state index in [2.05, 4.69) is 5.32 Å². The molecule has 1 amide bonds. The molecule has 6 nitrogen and oxygen atoms in total. The van der Waals surface area contributed by atoms with Crippen LogP contribution < -0.4 is 5.32 Å². The molecule has 0 bridgehead atoms. The van der Waals surface area contributed by atoms with E-state index >= 15 is 0 Å². The molecular formula is C10H11FN2O4. The third-order valence-electron chi connectivity index (χ3n) is 1.83. The maximum atomic E-state index is 13.2. The van der Waals surface area contributed by atoms with E-state index in [-0.39, 0.29) is 12.3 Å². The summed E-state index contributed by atoms with van der Waals surface area (Å²) in [6, 6.07) is 3.07. The third-order valence-corrected chi connectivity index (χ3v) is 1.83. The molecule has 0 fully saturated rings. The number of hydrogen-bond donors (Lipinski definition) is 1. The Bertz CT molecular complexity index is 436. The number of nitro benzene ring substituents is 1. The lowest BCUT2D eigenvalue weighted by Gasteiger charge is -2.05. The Kier molecular flexibility index (Phi) is 4.38. The maximum Gasteiger partial charge on any atom is 0.411 e. The highest BCUT2D eigenvalue weighted by Gasteiger charge is 2.14. The molecule has 1 aromatic rings. The minimum Gasteiger partial charge on any atom is -0.449 e. The van der Waals surface area contributed by atoms with Crippen LogP contribution in [0.1, 0.15) is 13.3 Å². The number of carbonyl (C=O) groups excluding carboxylic acids is 1. The van der Waals surface area contributed by atoms with Crippen molar-refractivity contribution in [2.45, 2.75) is 13.3 Å². The highest BCUT2D eigenvalue weighted by molar-refractivity contribution is 5.84. The summed E-state index contributed by atoms with van der Waals surface area (Å²) >= 11 is 0. The largest absolute Gasteiger partial charge is 0.449 e. The van der Waals surface area contributed by atoms with E-state index in [9.17, 15) is 19.3 Å². The molecule has 0 heterocycles. The van der Waals surface area contributed by atoms with Crippen molar-refractivity contribution in [2.24, 2.45) is 0 Å². The molecule has 0 radical (unpaired) electrons. The summed E-state index contributed by atoms with van der Waals surface area (Å²) in [6.45, 7) is 2.08. The van der Waals surface area contributed by atoms with Crippen molar-refractivity contribution < 1.29 is 18.8 Å². The molecule has 1 N–H and O–H groups in total. The summed E-state index contributed by atoms with van der Waals surface area (Å²) in [5.41, 5.74) is -0.535. The summed E-state index contributed by atoms with van der Waals surface area (Å²) in [7, 11) is 0. The van der Waals surface area contributed by atoms with Gasteiger partial charge in [-0.3, -0.25) is 15.4 Å². The first-order chi connectivity index (χ1) is 8.04. The molecule has 1 aromatic carbocycles. The van der Waals surface area contributed by atoms with E-state index in [4.69, 9.17) is 4.74 Å². The van der Waals surface area contributed by atoms with Crippen LogP contribution in [0.15, 0.2) is 18.2 Å². The first kappa shape index (κ1) is 12.9. The fourth-order valence-electron chi connectivity index (χ4n) is 1.08. The van der Waals surface area contributed by atoms with Gasteiger partial charge in [0, 0.05) is 17.8 Å². The number of carbonyl (C=O) groups is 1. The summed E-state index contributed by atoms with van der Waals surface area (Å²) in [6.07, 6.45) is -0.0534. The highest BCUT2D eigenvalue weighted by atomic mass is 19.1. The first-order valence-electron chi connectivity index (χ1n) is 4.92. The average molecular weight is 242 g/mol. The van der Waals surface area contributed by atoms with Crippen molar-refractivity contribution in [2.75, 3.05) is 11.9 Å². The van der Waals surface area contributed by atoms with Crippen LogP contribution in [0.5, 0.6) is 0 Å². The van der Waals surface area contributed by atoms with E-state index in [1.807, 2.05) is 6.92 Å². The van der Waals surface area contributed by atoms with Crippen LogP contribution >= 0.6 is 0 Å². The molecule has 7 heteroatoms. The fourth-order valence-corrected chi connectivity index (χ4v) is 1.08. The van der Waals surface area contributed by atoms with Gasteiger partial charge in [0.15, 0.2) is 0 Å². The van der Waals surface area contributed by atoms with Gasteiger partial charge >= 0.3 is 11.8 Å². The van der Waals surface area contributed by atoms with E-state index in [1.54, 1.807) is 0 Å². The van der Waals surface area contributed by atoms with Crippen LogP contribution in [0.4, 0.5) is 20.6 Å². The Morgan fingerprint density at radius 3 is 2.82 bits per heavy atom. The van der Waals surface area contributed by atoms with Crippen LogP contribution in [0.25, 0.3) is 0 Å². The maximum absolute atomic E-state index is 13.2. The molecule has 1 rings (SSSR count). The lowest BCUT2D eigenvalue weighted by Crippen LogP contribution is -2.14. The monoisotopic (exact) mass is 242 g/mol.